The van der Waals surface area contributed by atoms with E-state index in [0.29, 0.717) is 13.1 Å². The van der Waals surface area contributed by atoms with Gasteiger partial charge in [-0.2, -0.15) is 0 Å². The molecule has 0 unspecified atom stereocenters. The fraction of sp³-hybridized carbons (Fsp3) is 0.500. The van der Waals surface area contributed by atoms with Gasteiger partial charge in [0.15, 0.2) is 5.16 Å². The molecule has 9 heteroatoms. The molecule has 3 heterocycles. The first kappa shape index (κ1) is 17.7. The van der Waals surface area contributed by atoms with Crippen LogP contribution in [-0.4, -0.2) is 75.3 Å². The molecule has 1 saturated heterocycles. The molecule has 0 bridgehead atoms. The third-order valence-electron chi connectivity index (χ3n) is 4.01. The fourth-order valence-electron chi connectivity index (χ4n) is 2.64. The monoisotopic (exact) mass is 361 g/mol. The second kappa shape index (κ2) is 8.82. The van der Waals surface area contributed by atoms with Gasteiger partial charge in [-0.05, 0) is 6.07 Å². The zero-order chi connectivity index (χ0) is 17.5. The summed E-state index contributed by atoms with van der Waals surface area (Å²) in [6.45, 7) is 4.45. The number of hydrogen-bond donors (Lipinski definition) is 1. The molecule has 0 saturated carbocycles. The van der Waals surface area contributed by atoms with E-state index in [1.807, 2.05) is 23.9 Å². The Balaban J connectivity index is 1.32. The van der Waals surface area contributed by atoms with Crippen LogP contribution in [0, 0.1) is 0 Å². The van der Waals surface area contributed by atoms with Crippen LogP contribution in [0.5, 0.6) is 0 Å². The van der Waals surface area contributed by atoms with Crippen molar-refractivity contribution in [2.45, 2.75) is 5.16 Å². The van der Waals surface area contributed by atoms with Crippen LogP contribution in [0.3, 0.4) is 0 Å². The van der Waals surface area contributed by atoms with Crippen molar-refractivity contribution in [3.63, 3.8) is 0 Å². The lowest BCUT2D eigenvalue weighted by Gasteiger charge is -2.34. The number of anilines is 1. The molecule has 1 aliphatic rings. The zero-order valence-electron chi connectivity index (χ0n) is 14.3. The molecule has 0 radical (unpaired) electrons. The predicted molar refractivity (Wildman–Crippen MR) is 97.6 cm³/mol. The maximum atomic E-state index is 12.1. The van der Waals surface area contributed by atoms with Crippen molar-refractivity contribution in [2.75, 3.05) is 49.9 Å². The summed E-state index contributed by atoms with van der Waals surface area (Å²) in [5.74, 6) is 1.65. The van der Waals surface area contributed by atoms with Crippen LogP contribution in [-0.2, 0) is 11.8 Å². The highest BCUT2D eigenvalue weighted by molar-refractivity contribution is 7.99. The molecule has 8 nitrogen and oxygen atoms in total. The first-order valence-corrected chi connectivity index (χ1v) is 9.32. The molecule has 0 aliphatic carbocycles. The molecule has 1 fully saturated rings. The molecule has 3 rings (SSSR count). The molecular weight excluding hydrogens is 338 g/mol. The highest BCUT2D eigenvalue weighted by Gasteiger charge is 2.20. The summed E-state index contributed by atoms with van der Waals surface area (Å²) < 4.78 is 1.97. The number of imidazole rings is 1. The van der Waals surface area contributed by atoms with E-state index in [4.69, 9.17) is 0 Å². The summed E-state index contributed by atoms with van der Waals surface area (Å²) in [5.41, 5.74) is 0. The van der Waals surface area contributed by atoms with Gasteiger partial charge in [0, 0.05) is 70.3 Å². The number of amides is 1. The van der Waals surface area contributed by atoms with E-state index in [1.165, 1.54) is 0 Å². The lowest BCUT2D eigenvalue weighted by molar-refractivity contribution is -0.122. The van der Waals surface area contributed by atoms with Gasteiger partial charge in [-0.3, -0.25) is 9.69 Å². The van der Waals surface area contributed by atoms with E-state index < -0.39 is 0 Å². The normalized spacial score (nSPS) is 15.3. The van der Waals surface area contributed by atoms with E-state index in [1.54, 1.807) is 30.4 Å². The van der Waals surface area contributed by atoms with Crippen molar-refractivity contribution in [1.82, 2.24) is 29.7 Å². The molecule has 0 spiro atoms. The van der Waals surface area contributed by atoms with Gasteiger partial charge in [0.2, 0.25) is 11.9 Å². The molecule has 2 aromatic rings. The van der Waals surface area contributed by atoms with Crippen LogP contribution >= 0.6 is 11.8 Å². The van der Waals surface area contributed by atoms with Gasteiger partial charge in [-0.1, -0.05) is 11.8 Å². The van der Waals surface area contributed by atoms with Gasteiger partial charge in [0.25, 0.3) is 0 Å². The molecule has 134 valence electrons. The second-order valence-electron chi connectivity index (χ2n) is 5.83. The summed E-state index contributed by atoms with van der Waals surface area (Å²) >= 11 is 1.64. The van der Waals surface area contributed by atoms with Gasteiger partial charge in [-0.25, -0.2) is 15.0 Å². The van der Waals surface area contributed by atoms with Crippen molar-refractivity contribution < 1.29 is 4.79 Å². The average Bonchev–Trinajstić information content (AvgIpc) is 3.05. The minimum Gasteiger partial charge on any atom is -0.354 e. The van der Waals surface area contributed by atoms with Gasteiger partial charge >= 0.3 is 0 Å². The number of aromatic nitrogens is 4. The van der Waals surface area contributed by atoms with E-state index in [-0.39, 0.29) is 5.91 Å². The Morgan fingerprint density at radius 3 is 2.60 bits per heavy atom. The lowest BCUT2D eigenvalue weighted by atomic mass is 10.3. The lowest BCUT2D eigenvalue weighted by Crippen LogP contribution is -2.50. The third kappa shape index (κ3) is 5.17. The average molecular weight is 361 g/mol. The molecule has 1 aliphatic heterocycles. The van der Waals surface area contributed by atoms with Crippen LogP contribution in [0.15, 0.2) is 36.0 Å². The third-order valence-corrected chi connectivity index (χ3v) is 5.07. The quantitative estimate of drug-likeness (QED) is 0.559. The smallest absolute Gasteiger partial charge is 0.234 e. The number of thioether (sulfide) groups is 1. The minimum atomic E-state index is 0.0739. The van der Waals surface area contributed by atoms with Gasteiger partial charge in [0.1, 0.15) is 0 Å². The topological polar surface area (TPSA) is 79.2 Å². The second-order valence-corrected chi connectivity index (χ2v) is 6.89. The molecule has 0 atom stereocenters. The standard InChI is InChI=1S/C16H23N7OS/c1-21-7-5-20-16(21)25-12-6-17-14(24)13-22-8-10-23(11-9-22)15-18-3-2-4-19-15/h2-5,7H,6,8-13H2,1H3,(H,17,24). The van der Waals surface area contributed by atoms with Gasteiger partial charge in [-0.15, -0.1) is 0 Å². The summed E-state index contributed by atoms with van der Waals surface area (Å²) in [6.07, 6.45) is 7.21. The maximum absolute atomic E-state index is 12.1. The van der Waals surface area contributed by atoms with E-state index >= 15 is 0 Å². The van der Waals surface area contributed by atoms with Gasteiger partial charge < -0.3 is 14.8 Å². The number of nitrogens with one attached hydrogen (secondary N) is 1. The number of nitrogens with zero attached hydrogens (tertiary/aromatic N) is 6. The van der Waals surface area contributed by atoms with Gasteiger partial charge in [0.05, 0.1) is 6.54 Å². The Morgan fingerprint density at radius 1 is 1.16 bits per heavy atom. The van der Waals surface area contributed by atoms with Crippen LogP contribution in [0.1, 0.15) is 0 Å². The van der Waals surface area contributed by atoms with Crippen LogP contribution < -0.4 is 10.2 Å². The maximum Gasteiger partial charge on any atom is 0.234 e. The van der Waals surface area contributed by atoms with Crippen molar-refractivity contribution in [3.8, 4) is 0 Å². The van der Waals surface area contributed by atoms with E-state index in [0.717, 1.165) is 43.0 Å². The van der Waals surface area contributed by atoms with Crippen molar-refractivity contribution in [2.24, 2.45) is 7.05 Å². The molecule has 1 N–H and O–H groups in total. The largest absolute Gasteiger partial charge is 0.354 e. The molecule has 25 heavy (non-hydrogen) atoms. The number of hydrogen-bond acceptors (Lipinski definition) is 7. The first-order valence-electron chi connectivity index (χ1n) is 8.33. The predicted octanol–water partition coefficient (Wildman–Crippen LogP) is 0.241. The number of carbonyl (C=O) groups excluding carboxylic acids is 1. The Hall–Kier alpha value is -2.13. The highest BCUT2D eigenvalue weighted by Crippen LogP contribution is 2.13. The Bertz CT molecular complexity index is 670. The molecular formula is C16H23N7OS. The summed E-state index contributed by atoms with van der Waals surface area (Å²) in [6, 6.07) is 1.82. The van der Waals surface area contributed by atoms with E-state index in [9.17, 15) is 4.79 Å². The number of aryl methyl sites for hydroxylation is 1. The zero-order valence-corrected chi connectivity index (χ0v) is 15.2. The first-order chi connectivity index (χ1) is 12.2. The van der Waals surface area contributed by atoms with Crippen LogP contribution in [0.4, 0.5) is 5.95 Å². The van der Waals surface area contributed by atoms with Crippen molar-refractivity contribution in [3.05, 3.63) is 30.9 Å². The summed E-state index contributed by atoms with van der Waals surface area (Å²) in [5, 5.41) is 3.94. The summed E-state index contributed by atoms with van der Waals surface area (Å²) in [4.78, 5) is 29.2. The SMILES string of the molecule is Cn1ccnc1SCCNC(=O)CN1CCN(c2ncccn2)CC1. The summed E-state index contributed by atoms with van der Waals surface area (Å²) in [7, 11) is 1.97. The Labute approximate surface area is 151 Å². The van der Waals surface area contributed by atoms with Crippen LogP contribution in [0.25, 0.3) is 0 Å². The number of carbonyl (C=O) groups is 1. The Kier molecular flexibility index (Phi) is 6.24. The number of rotatable bonds is 7. The minimum absolute atomic E-state index is 0.0739. The Morgan fingerprint density at radius 2 is 1.92 bits per heavy atom. The highest BCUT2D eigenvalue weighted by atomic mass is 32.2. The van der Waals surface area contributed by atoms with Crippen molar-refractivity contribution >= 4 is 23.6 Å². The molecule has 1 amide bonds. The van der Waals surface area contributed by atoms with Crippen LogP contribution in [0.2, 0.25) is 0 Å². The molecule has 2 aromatic heterocycles. The number of piperazine rings is 1. The van der Waals surface area contributed by atoms with E-state index in [2.05, 4.69) is 30.1 Å². The fourth-order valence-corrected chi connectivity index (χ4v) is 3.43. The van der Waals surface area contributed by atoms with Crippen molar-refractivity contribution in [1.29, 1.82) is 0 Å². The molecule has 0 aromatic carbocycles.